The van der Waals surface area contributed by atoms with Crippen LogP contribution in [0.1, 0.15) is 0 Å². The predicted molar refractivity (Wildman–Crippen MR) is 147 cm³/mol. The Morgan fingerprint density at radius 2 is 1.29 bits per heavy atom. The molecule has 0 bridgehead atoms. The van der Waals surface area contributed by atoms with Crippen molar-refractivity contribution in [1.82, 2.24) is 5.32 Å². The highest BCUT2D eigenvalue weighted by molar-refractivity contribution is 7.95. The van der Waals surface area contributed by atoms with Crippen molar-refractivity contribution in [2.24, 2.45) is 5.73 Å². The summed E-state index contributed by atoms with van der Waals surface area (Å²) in [6.07, 6.45) is 0.816. The van der Waals surface area contributed by atoms with Gasteiger partial charge in [0, 0.05) is 5.75 Å². The van der Waals surface area contributed by atoms with Gasteiger partial charge in [-0.05, 0) is 36.4 Å². The number of nitrogens with one attached hydrogen (secondary N) is 1. The normalized spacial score (nSPS) is 12.1. The minimum atomic E-state index is -1.95. The molecule has 0 spiro atoms. The zero-order valence-corrected chi connectivity index (χ0v) is 21.4. The molecule has 0 aliphatic rings. The molecule has 0 aliphatic heterocycles. The molecule has 3 N–H and O–H groups in total. The highest BCUT2D eigenvalue weighted by atomic mass is 32.1. The Morgan fingerprint density at radius 1 is 0.800 bits per heavy atom. The third-order valence-electron chi connectivity index (χ3n) is 5.59. The molecular weight excluding hydrogens is 479 g/mol. The molecule has 3 aromatic carbocycles. The maximum Gasteiger partial charge on any atom is 0.325 e. The van der Waals surface area contributed by atoms with Crippen molar-refractivity contribution in [3.05, 3.63) is 91.0 Å². The minimum absolute atomic E-state index is 0.112. The van der Waals surface area contributed by atoms with E-state index in [1.165, 1.54) is 15.9 Å². The fourth-order valence-corrected chi connectivity index (χ4v) is 8.11. The van der Waals surface area contributed by atoms with Crippen LogP contribution in [0.4, 0.5) is 0 Å². The molecule has 1 atom stereocenters. The number of rotatable bonds is 13. The Morgan fingerprint density at radius 3 is 1.74 bits per heavy atom. The summed E-state index contributed by atoms with van der Waals surface area (Å²) in [6.45, 7) is 0.664. The van der Waals surface area contributed by atoms with Gasteiger partial charge in [0.2, 0.25) is 5.91 Å². The molecule has 8 heteroatoms. The molecule has 3 aromatic rings. The lowest BCUT2D eigenvalue weighted by molar-refractivity contribution is -0.145. The summed E-state index contributed by atoms with van der Waals surface area (Å²) in [6, 6.07) is 31.0. The van der Waals surface area contributed by atoms with Crippen LogP contribution in [0, 0.1) is 0 Å². The quantitative estimate of drug-likeness (QED) is 0.141. The minimum Gasteiger partial charge on any atom is -0.462 e. The van der Waals surface area contributed by atoms with Crippen LogP contribution in [-0.4, -0.2) is 56.2 Å². The van der Waals surface area contributed by atoms with Crippen LogP contribution in [0.5, 0.6) is 0 Å². The summed E-state index contributed by atoms with van der Waals surface area (Å²) < 4.78 is 11.1. The molecule has 1 amide bonds. The number of thiol groups is 1. The van der Waals surface area contributed by atoms with Crippen molar-refractivity contribution in [3.63, 3.8) is 0 Å². The van der Waals surface area contributed by atoms with E-state index in [9.17, 15) is 9.59 Å². The number of nitrogens with two attached hydrogens (primary N) is 1. The van der Waals surface area contributed by atoms with Gasteiger partial charge in [0.1, 0.15) is 36.3 Å². The Balaban J connectivity index is 1.63. The lowest BCUT2D eigenvalue weighted by Gasteiger charge is -2.27. The van der Waals surface area contributed by atoms with Crippen molar-refractivity contribution in [1.29, 1.82) is 0 Å². The molecule has 35 heavy (non-hydrogen) atoms. The summed E-state index contributed by atoms with van der Waals surface area (Å²) in [5.41, 5.74) is 5.56. The Kier molecular flexibility index (Phi) is 10.8. The molecule has 0 radical (unpaired) electrons. The number of hydrogen-bond acceptors (Lipinski definition) is 6. The second-order valence-electron chi connectivity index (χ2n) is 7.88. The number of hydrogen-bond donors (Lipinski definition) is 3. The summed E-state index contributed by atoms with van der Waals surface area (Å²) in [7, 11) is -1.95. The van der Waals surface area contributed by atoms with Crippen LogP contribution in [0.25, 0.3) is 0 Å². The number of amides is 1. The molecule has 0 fully saturated rings. The van der Waals surface area contributed by atoms with Gasteiger partial charge in [0.05, 0.1) is 25.4 Å². The van der Waals surface area contributed by atoms with Gasteiger partial charge < -0.3 is 20.5 Å². The van der Waals surface area contributed by atoms with E-state index in [1.54, 1.807) is 0 Å². The first-order chi connectivity index (χ1) is 17.1. The van der Waals surface area contributed by atoms with Crippen molar-refractivity contribution in [2.75, 3.05) is 38.3 Å². The molecular formula is C27H32N2O4PS+. The van der Waals surface area contributed by atoms with E-state index < -0.39 is 25.2 Å². The largest absolute Gasteiger partial charge is 0.462 e. The third kappa shape index (κ3) is 7.39. The van der Waals surface area contributed by atoms with Crippen LogP contribution in [0.3, 0.4) is 0 Å². The summed E-state index contributed by atoms with van der Waals surface area (Å²) in [4.78, 5) is 23.5. The standard InChI is InChI=1S/C27H31N2O4PS/c28-25(21-35)27(31)29-20-26(30)33-17-16-32-18-19-34(22-10-4-1-5-11-22,23-12-6-2-7-13-23)24-14-8-3-9-15-24/h1-15,25H,16-21,28H2,(H-,29,31,35)/p+1/t25-/m0/s1. The van der Waals surface area contributed by atoms with E-state index in [2.05, 4.69) is 90.7 Å². The van der Waals surface area contributed by atoms with E-state index in [-0.39, 0.29) is 25.5 Å². The smallest absolute Gasteiger partial charge is 0.325 e. The van der Waals surface area contributed by atoms with Crippen LogP contribution < -0.4 is 27.0 Å². The SMILES string of the molecule is N[C@@H](CS)C(=O)NCC(=O)OCCOCC[P+](c1ccccc1)(c1ccccc1)c1ccccc1. The molecule has 0 heterocycles. The van der Waals surface area contributed by atoms with E-state index in [4.69, 9.17) is 15.2 Å². The van der Waals surface area contributed by atoms with Crippen LogP contribution >= 0.6 is 19.9 Å². The number of esters is 1. The van der Waals surface area contributed by atoms with Gasteiger partial charge >= 0.3 is 5.97 Å². The molecule has 6 nitrogen and oxygen atoms in total. The van der Waals surface area contributed by atoms with Crippen molar-refractivity contribution in [2.45, 2.75) is 6.04 Å². The average molecular weight is 512 g/mol. The van der Waals surface area contributed by atoms with Gasteiger partial charge in [-0.15, -0.1) is 0 Å². The van der Waals surface area contributed by atoms with Crippen LogP contribution in [-0.2, 0) is 19.1 Å². The second kappa shape index (κ2) is 14.0. The lowest BCUT2D eigenvalue weighted by Crippen LogP contribution is -2.44. The first kappa shape index (κ1) is 26.9. The molecule has 0 unspecified atom stereocenters. The molecule has 3 rings (SSSR count). The number of ether oxygens (including phenoxy) is 2. The van der Waals surface area contributed by atoms with Crippen molar-refractivity contribution in [3.8, 4) is 0 Å². The summed E-state index contributed by atoms with van der Waals surface area (Å²) in [5, 5.41) is 6.32. The van der Waals surface area contributed by atoms with Gasteiger partial charge in [0.25, 0.3) is 0 Å². The predicted octanol–water partition coefficient (Wildman–Crippen LogP) is 1.91. The fraction of sp³-hybridized carbons (Fsp3) is 0.259. The monoisotopic (exact) mass is 511 g/mol. The number of carbonyl (C=O) groups is 2. The van der Waals surface area contributed by atoms with Gasteiger partial charge in [-0.1, -0.05) is 54.6 Å². The van der Waals surface area contributed by atoms with Gasteiger partial charge in [-0.2, -0.15) is 12.6 Å². The van der Waals surface area contributed by atoms with Gasteiger partial charge in [0.15, 0.2) is 0 Å². The highest BCUT2D eigenvalue weighted by Crippen LogP contribution is 2.54. The zero-order valence-electron chi connectivity index (χ0n) is 19.6. The lowest BCUT2D eigenvalue weighted by atomic mass is 10.3. The molecule has 0 aromatic heterocycles. The Bertz CT molecular complexity index is 958. The summed E-state index contributed by atoms with van der Waals surface area (Å²) >= 11 is 3.96. The molecule has 184 valence electrons. The van der Waals surface area contributed by atoms with E-state index in [0.717, 1.165) is 6.16 Å². The zero-order chi connectivity index (χ0) is 24.9. The Hall–Kier alpha value is -2.70. The number of benzene rings is 3. The maximum atomic E-state index is 11.9. The maximum absolute atomic E-state index is 11.9. The Labute approximate surface area is 213 Å². The van der Waals surface area contributed by atoms with E-state index >= 15 is 0 Å². The first-order valence-electron chi connectivity index (χ1n) is 11.5. The van der Waals surface area contributed by atoms with Crippen LogP contribution in [0.15, 0.2) is 91.0 Å². The van der Waals surface area contributed by atoms with Crippen LogP contribution in [0.2, 0.25) is 0 Å². The fourth-order valence-electron chi connectivity index (χ4n) is 3.82. The molecule has 0 saturated heterocycles. The molecule has 0 aliphatic carbocycles. The third-order valence-corrected chi connectivity index (χ3v) is 10.4. The first-order valence-corrected chi connectivity index (χ1v) is 14.1. The van der Waals surface area contributed by atoms with Gasteiger partial charge in [-0.25, -0.2) is 0 Å². The van der Waals surface area contributed by atoms with E-state index in [0.29, 0.717) is 6.61 Å². The van der Waals surface area contributed by atoms with Crippen molar-refractivity contribution >= 4 is 47.7 Å². The van der Waals surface area contributed by atoms with Crippen molar-refractivity contribution < 1.29 is 19.1 Å². The second-order valence-corrected chi connectivity index (χ2v) is 11.9. The average Bonchev–Trinajstić information content (AvgIpc) is 2.92. The van der Waals surface area contributed by atoms with Gasteiger partial charge in [-0.3, -0.25) is 9.59 Å². The topological polar surface area (TPSA) is 90.7 Å². The molecule has 0 saturated carbocycles. The van der Waals surface area contributed by atoms with E-state index in [1.807, 2.05) is 18.2 Å². The number of carbonyl (C=O) groups excluding carboxylic acids is 2. The summed E-state index contributed by atoms with van der Waals surface area (Å²) in [5.74, 6) is -0.766. The highest BCUT2D eigenvalue weighted by Gasteiger charge is 2.44.